The lowest BCUT2D eigenvalue weighted by Crippen LogP contribution is -2.30. The van der Waals surface area contributed by atoms with E-state index in [4.69, 9.17) is 4.74 Å². The molecule has 1 aliphatic rings. The van der Waals surface area contributed by atoms with Crippen molar-refractivity contribution in [1.29, 1.82) is 0 Å². The van der Waals surface area contributed by atoms with Gasteiger partial charge in [0.05, 0.1) is 0 Å². The third-order valence-corrected chi connectivity index (χ3v) is 4.19. The SMILES string of the molecule is Cc1cccc(OC(C)C(=O)Nc2ccc(N3CCCC3=O)cc2)c1. The van der Waals surface area contributed by atoms with Crippen LogP contribution < -0.4 is 15.0 Å². The van der Waals surface area contributed by atoms with Crippen LogP contribution in [0.2, 0.25) is 0 Å². The second-order valence-electron chi connectivity index (χ2n) is 6.26. The molecule has 5 nitrogen and oxygen atoms in total. The molecule has 1 heterocycles. The molecule has 0 saturated carbocycles. The van der Waals surface area contributed by atoms with E-state index in [9.17, 15) is 9.59 Å². The van der Waals surface area contributed by atoms with Gasteiger partial charge >= 0.3 is 0 Å². The molecule has 1 fully saturated rings. The van der Waals surface area contributed by atoms with E-state index < -0.39 is 6.10 Å². The highest BCUT2D eigenvalue weighted by molar-refractivity contribution is 5.96. The maximum absolute atomic E-state index is 12.3. The number of hydrogen-bond donors (Lipinski definition) is 1. The Kier molecular flexibility index (Phi) is 5.03. The summed E-state index contributed by atoms with van der Waals surface area (Å²) in [5.74, 6) is 0.606. The Bertz CT molecular complexity index is 771. The first-order chi connectivity index (χ1) is 12.0. The van der Waals surface area contributed by atoms with E-state index >= 15 is 0 Å². The summed E-state index contributed by atoms with van der Waals surface area (Å²) in [5.41, 5.74) is 2.63. The molecule has 5 heteroatoms. The number of amides is 2. The fourth-order valence-corrected chi connectivity index (χ4v) is 2.84. The zero-order valence-electron chi connectivity index (χ0n) is 14.5. The molecule has 1 aliphatic heterocycles. The molecule has 1 atom stereocenters. The first-order valence-electron chi connectivity index (χ1n) is 8.47. The Morgan fingerprint density at radius 2 is 1.96 bits per heavy atom. The predicted molar refractivity (Wildman–Crippen MR) is 97.9 cm³/mol. The highest BCUT2D eigenvalue weighted by Crippen LogP contribution is 2.23. The van der Waals surface area contributed by atoms with Gasteiger partial charge in [0, 0.05) is 24.3 Å². The maximum Gasteiger partial charge on any atom is 0.265 e. The molecule has 0 radical (unpaired) electrons. The van der Waals surface area contributed by atoms with E-state index in [-0.39, 0.29) is 11.8 Å². The molecule has 1 saturated heterocycles. The molecule has 0 bridgehead atoms. The van der Waals surface area contributed by atoms with Crippen molar-refractivity contribution in [3.8, 4) is 5.75 Å². The minimum absolute atomic E-state index is 0.150. The number of nitrogens with zero attached hydrogens (tertiary/aromatic N) is 1. The van der Waals surface area contributed by atoms with Crippen molar-refractivity contribution >= 4 is 23.2 Å². The number of carbonyl (C=O) groups excluding carboxylic acids is 2. The lowest BCUT2D eigenvalue weighted by molar-refractivity contribution is -0.122. The molecule has 3 rings (SSSR count). The van der Waals surface area contributed by atoms with Crippen LogP contribution in [0.4, 0.5) is 11.4 Å². The lowest BCUT2D eigenvalue weighted by Gasteiger charge is -2.17. The quantitative estimate of drug-likeness (QED) is 0.907. The van der Waals surface area contributed by atoms with Crippen LogP contribution in [-0.4, -0.2) is 24.5 Å². The van der Waals surface area contributed by atoms with Gasteiger partial charge in [0.25, 0.3) is 5.91 Å². The highest BCUT2D eigenvalue weighted by Gasteiger charge is 2.21. The number of carbonyl (C=O) groups is 2. The minimum Gasteiger partial charge on any atom is -0.481 e. The normalized spacial score (nSPS) is 15.1. The highest BCUT2D eigenvalue weighted by atomic mass is 16.5. The topological polar surface area (TPSA) is 58.6 Å². The van der Waals surface area contributed by atoms with Crippen LogP contribution >= 0.6 is 0 Å². The van der Waals surface area contributed by atoms with Gasteiger partial charge in [-0.05, 0) is 62.2 Å². The second-order valence-corrected chi connectivity index (χ2v) is 6.26. The monoisotopic (exact) mass is 338 g/mol. The van der Waals surface area contributed by atoms with Crippen LogP contribution in [0.15, 0.2) is 48.5 Å². The van der Waals surface area contributed by atoms with Crippen molar-refractivity contribution in [1.82, 2.24) is 0 Å². The summed E-state index contributed by atoms with van der Waals surface area (Å²) < 4.78 is 5.68. The van der Waals surface area contributed by atoms with Gasteiger partial charge in [-0.15, -0.1) is 0 Å². The number of anilines is 2. The van der Waals surface area contributed by atoms with Crippen LogP contribution in [0.3, 0.4) is 0 Å². The number of benzene rings is 2. The van der Waals surface area contributed by atoms with E-state index in [0.29, 0.717) is 17.9 Å². The van der Waals surface area contributed by atoms with Gasteiger partial charge in [0.2, 0.25) is 5.91 Å². The van der Waals surface area contributed by atoms with Gasteiger partial charge in [-0.3, -0.25) is 9.59 Å². The van der Waals surface area contributed by atoms with Crippen LogP contribution in [0.5, 0.6) is 5.75 Å². The maximum atomic E-state index is 12.3. The first-order valence-corrected chi connectivity index (χ1v) is 8.47. The molecule has 0 aromatic heterocycles. The smallest absolute Gasteiger partial charge is 0.265 e. The van der Waals surface area contributed by atoms with E-state index in [2.05, 4.69) is 5.32 Å². The molecule has 0 spiro atoms. The fourth-order valence-electron chi connectivity index (χ4n) is 2.84. The number of ether oxygens (including phenoxy) is 1. The fraction of sp³-hybridized carbons (Fsp3) is 0.300. The van der Waals surface area contributed by atoms with E-state index in [1.165, 1.54) is 0 Å². The molecular formula is C20H22N2O3. The standard InChI is InChI=1S/C20H22N2O3/c1-14-5-3-6-18(13-14)25-15(2)20(24)21-16-8-10-17(11-9-16)22-12-4-7-19(22)23/h3,5-6,8-11,13,15H,4,7,12H2,1-2H3,(H,21,24). The van der Waals surface area contributed by atoms with Crippen LogP contribution in [0.1, 0.15) is 25.3 Å². The minimum atomic E-state index is -0.610. The lowest BCUT2D eigenvalue weighted by atomic mass is 10.2. The average molecular weight is 338 g/mol. The van der Waals surface area contributed by atoms with Gasteiger partial charge in [0.15, 0.2) is 6.10 Å². The van der Waals surface area contributed by atoms with Gasteiger partial charge in [-0.25, -0.2) is 0 Å². The summed E-state index contributed by atoms with van der Waals surface area (Å²) in [6.07, 6.45) is 0.888. The Morgan fingerprint density at radius 1 is 1.20 bits per heavy atom. The largest absolute Gasteiger partial charge is 0.481 e. The Morgan fingerprint density at radius 3 is 2.60 bits per heavy atom. The Labute approximate surface area is 147 Å². The number of rotatable bonds is 5. The summed E-state index contributed by atoms with van der Waals surface area (Å²) >= 11 is 0. The molecular weight excluding hydrogens is 316 g/mol. The molecule has 1 N–H and O–H groups in total. The third-order valence-electron chi connectivity index (χ3n) is 4.19. The molecule has 0 aliphatic carbocycles. The van der Waals surface area contributed by atoms with Crippen molar-refractivity contribution in [2.75, 3.05) is 16.8 Å². The summed E-state index contributed by atoms with van der Waals surface area (Å²) in [4.78, 5) is 25.8. The molecule has 2 aromatic rings. The van der Waals surface area contributed by atoms with Gasteiger partial charge in [-0.1, -0.05) is 12.1 Å². The van der Waals surface area contributed by atoms with Crippen LogP contribution in [0.25, 0.3) is 0 Å². The molecule has 2 aromatic carbocycles. The van der Waals surface area contributed by atoms with Gasteiger partial charge in [-0.2, -0.15) is 0 Å². The van der Waals surface area contributed by atoms with Gasteiger partial charge in [0.1, 0.15) is 5.75 Å². The second kappa shape index (κ2) is 7.38. The summed E-state index contributed by atoms with van der Waals surface area (Å²) in [7, 11) is 0. The van der Waals surface area contributed by atoms with Crippen molar-refractivity contribution in [2.24, 2.45) is 0 Å². The molecule has 25 heavy (non-hydrogen) atoms. The van der Waals surface area contributed by atoms with E-state index in [0.717, 1.165) is 24.2 Å². The number of aryl methyl sites for hydroxylation is 1. The zero-order valence-corrected chi connectivity index (χ0v) is 14.5. The predicted octanol–water partition coefficient (Wildman–Crippen LogP) is 3.53. The molecule has 130 valence electrons. The van der Waals surface area contributed by atoms with Crippen molar-refractivity contribution in [3.63, 3.8) is 0 Å². The Hall–Kier alpha value is -2.82. The van der Waals surface area contributed by atoms with E-state index in [1.54, 1.807) is 24.0 Å². The van der Waals surface area contributed by atoms with Crippen molar-refractivity contribution in [2.45, 2.75) is 32.8 Å². The van der Waals surface area contributed by atoms with Crippen LogP contribution in [-0.2, 0) is 9.59 Å². The average Bonchev–Trinajstić information content (AvgIpc) is 3.01. The third kappa shape index (κ3) is 4.18. The van der Waals surface area contributed by atoms with Crippen molar-refractivity contribution < 1.29 is 14.3 Å². The summed E-state index contributed by atoms with van der Waals surface area (Å²) in [5, 5.41) is 2.84. The number of hydrogen-bond acceptors (Lipinski definition) is 3. The molecule has 1 unspecified atom stereocenters. The summed E-state index contributed by atoms with van der Waals surface area (Å²) in [6, 6.07) is 14.9. The Balaban J connectivity index is 1.59. The van der Waals surface area contributed by atoms with E-state index in [1.807, 2.05) is 43.3 Å². The molecule has 2 amide bonds. The van der Waals surface area contributed by atoms with Crippen molar-refractivity contribution in [3.05, 3.63) is 54.1 Å². The first kappa shape index (κ1) is 17.0. The summed E-state index contributed by atoms with van der Waals surface area (Å²) in [6.45, 7) is 4.45. The van der Waals surface area contributed by atoms with Crippen LogP contribution in [0, 0.1) is 6.92 Å². The van der Waals surface area contributed by atoms with Gasteiger partial charge < -0.3 is 15.0 Å². The zero-order chi connectivity index (χ0) is 17.8. The number of nitrogens with one attached hydrogen (secondary N) is 1.